The number of carbonyl (C=O) groups is 1. The number of nitrogens with zero attached hydrogens (tertiary/aromatic N) is 2. The Labute approximate surface area is 89.7 Å². The van der Waals surface area contributed by atoms with Crippen molar-refractivity contribution in [1.29, 1.82) is 0 Å². The van der Waals surface area contributed by atoms with E-state index in [1.54, 1.807) is 6.92 Å². The molecule has 0 saturated heterocycles. The van der Waals surface area contributed by atoms with Crippen molar-refractivity contribution < 1.29 is 4.79 Å². The van der Waals surface area contributed by atoms with Gasteiger partial charge in [0.1, 0.15) is 5.82 Å². The zero-order valence-corrected chi connectivity index (χ0v) is 9.29. The van der Waals surface area contributed by atoms with E-state index in [2.05, 4.69) is 21.8 Å². The average Bonchev–Trinajstić information content (AvgIpc) is 2.92. The van der Waals surface area contributed by atoms with Crippen LogP contribution in [0.1, 0.15) is 37.3 Å². The molecule has 1 saturated carbocycles. The number of imidazole rings is 1. The third kappa shape index (κ3) is 2.37. The van der Waals surface area contributed by atoms with Gasteiger partial charge in [-0.05, 0) is 19.8 Å². The summed E-state index contributed by atoms with van der Waals surface area (Å²) in [6.45, 7) is 4.31. The summed E-state index contributed by atoms with van der Waals surface area (Å²) in [6.07, 6.45) is 5.28. The van der Waals surface area contributed by atoms with E-state index in [0.717, 1.165) is 12.2 Å². The van der Waals surface area contributed by atoms with Crippen LogP contribution in [0.4, 0.5) is 0 Å². The van der Waals surface area contributed by atoms with Gasteiger partial charge in [-0.25, -0.2) is 4.98 Å². The summed E-state index contributed by atoms with van der Waals surface area (Å²) in [6, 6.07) is 0.667. The summed E-state index contributed by atoms with van der Waals surface area (Å²) in [5.74, 6) is 1.13. The van der Waals surface area contributed by atoms with E-state index in [-0.39, 0.29) is 5.91 Å². The van der Waals surface area contributed by atoms with Crippen molar-refractivity contribution in [2.75, 3.05) is 6.54 Å². The van der Waals surface area contributed by atoms with E-state index >= 15 is 0 Å². The molecule has 82 valence electrons. The number of aromatic nitrogens is 2. The number of carbonyl (C=O) groups excluding carboxylic acids is 1. The largest absolute Gasteiger partial charge is 0.356 e. The lowest BCUT2D eigenvalue weighted by Crippen LogP contribution is -2.23. The van der Waals surface area contributed by atoms with Crippen LogP contribution in [-0.2, 0) is 11.2 Å². The molecule has 15 heavy (non-hydrogen) atoms. The number of hydrogen-bond acceptors (Lipinski definition) is 2. The third-order valence-electron chi connectivity index (χ3n) is 2.69. The Kier molecular flexibility index (Phi) is 2.75. The van der Waals surface area contributed by atoms with Gasteiger partial charge in [-0.15, -0.1) is 0 Å². The predicted octanol–water partition coefficient (Wildman–Crippen LogP) is 1.21. The molecule has 0 spiro atoms. The smallest absolute Gasteiger partial charge is 0.216 e. The van der Waals surface area contributed by atoms with Crippen LogP contribution in [0, 0.1) is 6.92 Å². The number of rotatable bonds is 4. The van der Waals surface area contributed by atoms with Gasteiger partial charge < -0.3 is 9.88 Å². The minimum absolute atomic E-state index is 0.0243. The lowest BCUT2D eigenvalue weighted by molar-refractivity contribution is -0.118. The molecule has 0 atom stereocenters. The molecule has 4 heteroatoms. The van der Waals surface area contributed by atoms with E-state index in [9.17, 15) is 4.79 Å². The molecule has 0 unspecified atom stereocenters. The van der Waals surface area contributed by atoms with Crippen LogP contribution in [-0.4, -0.2) is 22.0 Å². The summed E-state index contributed by atoms with van der Waals surface area (Å²) in [5.41, 5.74) is 1.23. The quantitative estimate of drug-likeness (QED) is 0.806. The molecular formula is C11H17N3O. The van der Waals surface area contributed by atoms with Crippen molar-refractivity contribution in [1.82, 2.24) is 14.9 Å². The summed E-state index contributed by atoms with van der Waals surface area (Å²) >= 11 is 0. The van der Waals surface area contributed by atoms with Crippen LogP contribution < -0.4 is 5.32 Å². The van der Waals surface area contributed by atoms with Gasteiger partial charge in [0.05, 0.1) is 0 Å². The number of nitrogens with one attached hydrogen (secondary N) is 1. The van der Waals surface area contributed by atoms with Crippen molar-refractivity contribution in [3.05, 3.63) is 17.7 Å². The maximum atomic E-state index is 10.7. The van der Waals surface area contributed by atoms with E-state index in [0.29, 0.717) is 12.6 Å². The van der Waals surface area contributed by atoms with Gasteiger partial charge in [-0.1, -0.05) is 0 Å². The third-order valence-corrected chi connectivity index (χ3v) is 2.69. The number of hydrogen-bond donors (Lipinski definition) is 1. The topological polar surface area (TPSA) is 46.9 Å². The number of aryl methyl sites for hydroxylation is 1. The van der Waals surface area contributed by atoms with Crippen LogP contribution in [0.25, 0.3) is 0 Å². The van der Waals surface area contributed by atoms with Gasteiger partial charge in [-0.2, -0.15) is 0 Å². The molecule has 1 aromatic heterocycles. The van der Waals surface area contributed by atoms with Crippen molar-refractivity contribution in [2.45, 2.75) is 39.2 Å². The van der Waals surface area contributed by atoms with Crippen LogP contribution in [0.2, 0.25) is 0 Å². The van der Waals surface area contributed by atoms with Crippen molar-refractivity contribution in [3.8, 4) is 0 Å². The predicted molar refractivity (Wildman–Crippen MR) is 57.6 cm³/mol. The minimum atomic E-state index is 0.0243. The van der Waals surface area contributed by atoms with Crippen LogP contribution in [0.15, 0.2) is 6.20 Å². The lowest BCUT2D eigenvalue weighted by atomic mass is 10.3. The zero-order valence-electron chi connectivity index (χ0n) is 9.29. The minimum Gasteiger partial charge on any atom is -0.356 e. The fourth-order valence-electron chi connectivity index (χ4n) is 1.86. The SMILES string of the molecule is CC(=O)NCCc1ncc(C)n1C1CC1. The second-order valence-corrected chi connectivity index (χ2v) is 4.15. The fraction of sp³-hybridized carbons (Fsp3) is 0.636. The van der Waals surface area contributed by atoms with E-state index < -0.39 is 0 Å². The molecule has 1 heterocycles. The Morgan fingerprint density at radius 3 is 3.00 bits per heavy atom. The highest BCUT2D eigenvalue weighted by atomic mass is 16.1. The first-order valence-corrected chi connectivity index (χ1v) is 5.45. The molecule has 0 aliphatic heterocycles. The zero-order chi connectivity index (χ0) is 10.8. The molecule has 0 bridgehead atoms. The Hall–Kier alpha value is -1.32. The van der Waals surface area contributed by atoms with Crippen molar-refractivity contribution in [3.63, 3.8) is 0 Å². The molecule has 0 radical (unpaired) electrons. The first kappa shape index (κ1) is 10.2. The normalized spacial score (nSPS) is 15.3. The Balaban J connectivity index is 1.98. The van der Waals surface area contributed by atoms with E-state index in [4.69, 9.17) is 0 Å². The van der Waals surface area contributed by atoms with E-state index in [1.165, 1.54) is 18.5 Å². The molecular weight excluding hydrogens is 190 g/mol. The van der Waals surface area contributed by atoms with Crippen LogP contribution in [0.5, 0.6) is 0 Å². The van der Waals surface area contributed by atoms with Crippen LogP contribution in [0.3, 0.4) is 0 Å². The molecule has 0 aromatic carbocycles. The highest BCUT2D eigenvalue weighted by molar-refractivity contribution is 5.72. The van der Waals surface area contributed by atoms with Gasteiger partial charge in [0, 0.05) is 37.8 Å². The van der Waals surface area contributed by atoms with Crippen LogP contribution >= 0.6 is 0 Å². The monoisotopic (exact) mass is 207 g/mol. The van der Waals surface area contributed by atoms with Gasteiger partial charge in [0.15, 0.2) is 0 Å². The van der Waals surface area contributed by atoms with Crippen molar-refractivity contribution in [2.24, 2.45) is 0 Å². The van der Waals surface area contributed by atoms with Gasteiger partial charge in [0.25, 0.3) is 0 Å². The number of amides is 1. The molecule has 1 fully saturated rings. The highest BCUT2D eigenvalue weighted by Gasteiger charge is 2.26. The maximum Gasteiger partial charge on any atom is 0.216 e. The summed E-state index contributed by atoms with van der Waals surface area (Å²) < 4.78 is 2.31. The van der Waals surface area contributed by atoms with Gasteiger partial charge in [0.2, 0.25) is 5.91 Å². The molecule has 1 amide bonds. The summed E-state index contributed by atoms with van der Waals surface area (Å²) in [7, 11) is 0. The standard InChI is InChI=1S/C11H17N3O/c1-8-7-13-11(5-6-12-9(2)15)14(8)10-3-4-10/h7,10H,3-6H2,1-2H3,(H,12,15). The first-order valence-electron chi connectivity index (χ1n) is 5.45. The Morgan fingerprint density at radius 1 is 1.67 bits per heavy atom. The molecule has 1 aliphatic carbocycles. The molecule has 2 rings (SSSR count). The molecule has 1 aliphatic rings. The molecule has 1 N–H and O–H groups in total. The second kappa shape index (κ2) is 4.04. The average molecular weight is 207 g/mol. The fourth-order valence-corrected chi connectivity index (χ4v) is 1.86. The Morgan fingerprint density at radius 2 is 2.40 bits per heavy atom. The van der Waals surface area contributed by atoms with Gasteiger partial charge in [-0.3, -0.25) is 4.79 Å². The molecule has 1 aromatic rings. The molecule has 4 nitrogen and oxygen atoms in total. The summed E-state index contributed by atoms with van der Waals surface area (Å²) in [5, 5.41) is 2.80. The van der Waals surface area contributed by atoms with E-state index in [1.807, 2.05) is 6.20 Å². The lowest BCUT2D eigenvalue weighted by Gasteiger charge is -2.08. The maximum absolute atomic E-state index is 10.7. The highest BCUT2D eigenvalue weighted by Crippen LogP contribution is 2.36. The first-order chi connectivity index (χ1) is 7.18. The Bertz CT molecular complexity index is 366. The van der Waals surface area contributed by atoms with Crippen molar-refractivity contribution >= 4 is 5.91 Å². The second-order valence-electron chi connectivity index (χ2n) is 4.15. The van der Waals surface area contributed by atoms with Gasteiger partial charge >= 0.3 is 0 Å². The summed E-state index contributed by atoms with van der Waals surface area (Å²) in [4.78, 5) is 15.1.